The third-order valence-electron chi connectivity index (χ3n) is 21.7. The Morgan fingerprint density at radius 1 is 0.402 bits per heavy atom. The van der Waals surface area contributed by atoms with Crippen LogP contribution in [0.5, 0.6) is 0 Å². The predicted molar refractivity (Wildman–Crippen MR) is 425 cm³/mol. The van der Waals surface area contributed by atoms with Crippen molar-refractivity contribution in [2.24, 2.45) is 11.8 Å². The third kappa shape index (κ3) is 32.3. The molecule has 6 unspecified atom stereocenters. The van der Waals surface area contributed by atoms with Gasteiger partial charge in [-0.3, -0.25) is 19.5 Å². The van der Waals surface area contributed by atoms with Crippen LogP contribution in [0, 0.1) is 53.9 Å². The van der Waals surface area contributed by atoms with E-state index in [0.29, 0.717) is 0 Å². The summed E-state index contributed by atoms with van der Waals surface area (Å²) < 4.78 is 10.8. The van der Waals surface area contributed by atoms with Gasteiger partial charge in [0.25, 0.3) is 0 Å². The number of benzene rings is 5. The molecule has 0 heterocycles. The first kappa shape index (κ1) is 95.7. The Kier molecular flexibility index (Phi) is 59.2. The van der Waals surface area contributed by atoms with Gasteiger partial charge in [-0.05, 0) is 180 Å². The SMILES string of the molecule is C1CCCC1.C1CCCC1.CC(C1CCCC1P(C1CCCCC1)C1CCCCC1)P(c1ccccc1)c1ccccc1.CC(C1CCCC1[PH+](C1CCCCC1)C1CCCCC1)P(c1ccccc1)c1ccccc1.N.[2H][C-]=O.[2H][C-]=O.[C-]#Cc1ccccc1.[CH3-].[CH3-].[CH3-].[CH3-].[Fe+2].[Fe+2].[Ni+2].[Ni]. The van der Waals surface area contributed by atoms with Crippen molar-refractivity contribution in [1.29, 1.82) is 0 Å². The molecule has 0 amide bonds. The van der Waals surface area contributed by atoms with E-state index in [0.717, 1.165) is 76.2 Å². The molecule has 3 N–H and O–H groups in total. The monoisotopic (exact) mass is 1560 g/mol. The molecular formula is C86H131Fe2NNi2O2P4. The Labute approximate surface area is 648 Å². The van der Waals surface area contributed by atoms with E-state index < -0.39 is 0 Å². The fraction of sp³-hybridized carbons (Fsp3) is 0.558. The fourth-order valence-corrected chi connectivity index (χ4v) is 34.2. The van der Waals surface area contributed by atoms with Crippen molar-refractivity contribution < 1.29 is 79.5 Å². The maximum atomic E-state index is 8.35. The average Bonchev–Trinajstić information content (AvgIpc) is 1.76. The van der Waals surface area contributed by atoms with E-state index in [1.54, 1.807) is 85.4 Å². The third-order valence-corrected chi connectivity index (χ3v) is 36.2. The van der Waals surface area contributed by atoms with Gasteiger partial charge >= 0.3 is 50.6 Å². The number of hydrogen-bond acceptors (Lipinski definition) is 3. The summed E-state index contributed by atoms with van der Waals surface area (Å²) in [5.41, 5.74) is 8.97. The summed E-state index contributed by atoms with van der Waals surface area (Å²) in [5.74, 6) is 4.17. The first-order chi connectivity index (χ1) is 44.4. The van der Waals surface area contributed by atoms with Crippen LogP contribution < -0.4 is 27.4 Å². The molecule has 8 saturated carbocycles. The Bertz CT molecular complexity index is 2370. The summed E-state index contributed by atoms with van der Waals surface area (Å²) in [7, 11) is -0.716. The molecule has 6 atom stereocenters. The van der Waals surface area contributed by atoms with Crippen molar-refractivity contribution in [3.63, 3.8) is 0 Å². The van der Waals surface area contributed by atoms with Crippen LogP contribution in [0.1, 0.15) is 253 Å². The van der Waals surface area contributed by atoms with Gasteiger partial charge in [0.2, 0.25) is 0 Å². The summed E-state index contributed by atoms with van der Waals surface area (Å²) in [5, 5.41) is 6.38. The van der Waals surface area contributed by atoms with Crippen LogP contribution in [0.2, 0.25) is 0 Å². The smallest absolute Gasteiger partial charge is 0.545 e. The van der Waals surface area contributed by atoms with Gasteiger partial charge in [-0.15, -0.1) is 17.7 Å². The van der Waals surface area contributed by atoms with Crippen LogP contribution in [-0.4, -0.2) is 58.8 Å². The molecule has 548 valence electrons. The first-order valence-electron chi connectivity index (χ1n) is 36.9. The summed E-state index contributed by atoms with van der Waals surface area (Å²) >= 11 is 0. The van der Waals surface area contributed by atoms with E-state index in [9.17, 15) is 0 Å². The van der Waals surface area contributed by atoms with Gasteiger partial charge in [-0.2, -0.15) is 2.74 Å². The molecule has 13 rings (SSSR count). The van der Waals surface area contributed by atoms with Crippen molar-refractivity contribution in [2.75, 3.05) is 0 Å². The van der Waals surface area contributed by atoms with E-state index in [1.165, 1.54) is 167 Å². The van der Waals surface area contributed by atoms with E-state index in [4.69, 9.17) is 18.8 Å². The molecule has 0 aromatic heterocycles. The topological polar surface area (TPSA) is 69.1 Å². The normalized spacial score (nSPS) is 21.2. The van der Waals surface area contributed by atoms with Gasteiger partial charge in [-0.1, -0.05) is 283 Å². The number of hydrogen-bond donors (Lipinski definition) is 1. The van der Waals surface area contributed by atoms with Gasteiger partial charge in [-0.25, -0.2) is 0 Å². The van der Waals surface area contributed by atoms with Crippen molar-refractivity contribution in [1.82, 2.24) is 6.15 Å². The Balaban J connectivity index is -0.00000130. The maximum Gasteiger partial charge on any atom is 2.00 e. The van der Waals surface area contributed by atoms with Gasteiger partial charge in [0.15, 0.2) is 0 Å². The number of carbonyl (C=O) groups excluding carboxylic acids is 2. The number of rotatable bonds is 14. The molecule has 3 nitrogen and oxygen atoms in total. The summed E-state index contributed by atoms with van der Waals surface area (Å²) in [6, 6.07) is 55.7. The van der Waals surface area contributed by atoms with Crippen LogP contribution >= 0.6 is 31.7 Å². The minimum atomic E-state index is -0.302. The summed E-state index contributed by atoms with van der Waals surface area (Å²) in [4.78, 5) is 16.7. The van der Waals surface area contributed by atoms with Crippen LogP contribution in [0.15, 0.2) is 152 Å². The molecule has 0 spiro atoms. The van der Waals surface area contributed by atoms with E-state index in [-0.39, 0.29) is 135 Å². The first-order valence-corrected chi connectivity index (χ1v) is 42.0. The minimum absolute atomic E-state index is 0. The molecule has 11 heteroatoms. The molecule has 0 radical (unpaired) electrons. The Hall–Kier alpha value is -1.29. The Morgan fingerprint density at radius 3 is 0.959 bits per heavy atom. The van der Waals surface area contributed by atoms with Gasteiger partial charge in [0, 0.05) is 30.3 Å². The van der Waals surface area contributed by atoms with E-state index in [1.807, 2.05) is 30.3 Å². The van der Waals surface area contributed by atoms with Crippen molar-refractivity contribution >= 4 is 66.4 Å². The molecule has 8 fully saturated rings. The van der Waals surface area contributed by atoms with Gasteiger partial charge in [0.05, 0.1) is 17.0 Å². The maximum absolute atomic E-state index is 8.35. The fourth-order valence-electron chi connectivity index (χ4n) is 17.6. The molecule has 5 aromatic rings. The molecular weight excluding hydrogens is 1430 g/mol. The second-order valence-corrected chi connectivity index (χ2v) is 38.7. The average molecular weight is 1570 g/mol. The van der Waals surface area contributed by atoms with Crippen LogP contribution in [0.3, 0.4) is 0 Å². The predicted octanol–water partition coefficient (Wildman–Crippen LogP) is 24.3. The molecule has 8 aliphatic rings. The second-order valence-electron chi connectivity index (χ2n) is 27.2. The quantitative estimate of drug-likeness (QED) is 0.0396. The Morgan fingerprint density at radius 2 is 0.660 bits per heavy atom. The van der Waals surface area contributed by atoms with Gasteiger partial charge in [0.1, 0.15) is 0 Å². The van der Waals surface area contributed by atoms with E-state index >= 15 is 0 Å². The van der Waals surface area contributed by atoms with Crippen LogP contribution in [0.25, 0.3) is 0 Å². The van der Waals surface area contributed by atoms with Crippen LogP contribution in [0.4, 0.5) is 0 Å². The molecule has 8 aliphatic carbocycles. The van der Waals surface area contributed by atoms with Crippen molar-refractivity contribution in [2.45, 2.75) is 290 Å². The second kappa shape index (κ2) is 60.0. The summed E-state index contributed by atoms with van der Waals surface area (Å²) in [6.07, 6.45) is 61.5. The molecule has 0 bridgehead atoms. The van der Waals surface area contributed by atoms with E-state index in [2.05, 4.69) is 141 Å². The zero-order valence-electron chi connectivity index (χ0n) is 62.9. The molecule has 0 saturated heterocycles. The molecule has 5 aromatic carbocycles. The largest absolute Gasteiger partial charge is 2.00 e. The van der Waals surface area contributed by atoms with Crippen molar-refractivity contribution in [3.05, 3.63) is 193 Å². The molecule has 0 aliphatic heterocycles. The van der Waals surface area contributed by atoms with Crippen molar-refractivity contribution in [3.8, 4) is 5.92 Å². The summed E-state index contributed by atoms with van der Waals surface area (Å²) in [6.45, 7) is 6.82. The zero-order chi connectivity index (χ0) is 63.2. The molecule has 97 heavy (non-hydrogen) atoms. The zero-order valence-corrected chi connectivity index (χ0v) is 68.7. The standard InChI is InChI=1S/2C31H44P2.C8H5.2C5H10.2CHO.4CH3.2Fe.H3N.2Ni/c2*1-25(32(26-15-6-2-7-16-26)27-17-8-3-9-18-27)30-23-14-24-31(30)33(28-19-10-4-11-20-28)29-21-12-5-13-22-29;1-2-8-6-4-3-5-7-8;2*1-2-4-5-3-1;2*1-2;;;;;;;;;/h2*2-3,6-9,15-18,25,28-31H,4-5,10-14,19-24H2,1H3;3-7H;2*1-5H2;2*1H;4*1H3;;;1H3;;/q;;-1;;;6*-1;2*+2;;;+2/p+1/i;;;;;2*1D;;;;;;;;;. The van der Waals surface area contributed by atoms with Gasteiger partial charge < -0.3 is 51.9 Å². The van der Waals surface area contributed by atoms with Crippen LogP contribution in [-0.2, 0) is 76.7 Å². The minimum Gasteiger partial charge on any atom is -0.545 e.